The van der Waals surface area contributed by atoms with Crippen molar-refractivity contribution < 1.29 is 0 Å². The number of hydrogen-bond donors (Lipinski definition) is 0. The molecule has 0 bridgehead atoms. The first-order valence-corrected chi connectivity index (χ1v) is 6.06. The highest BCUT2D eigenvalue weighted by Gasteiger charge is 2.28. The van der Waals surface area contributed by atoms with Gasteiger partial charge in [0.05, 0.1) is 0 Å². The molecule has 84 valence electrons. The van der Waals surface area contributed by atoms with Gasteiger partial charge in [-0.15, -0.1) is 6.58 Å². The molecule has 0 saturated carbocycles. The van der Waals surface area contributed by atoms with Gasteiger partial charge in [0.25, 0.3) is 0 Å². The molecule has 0 spiro atoms. The third kappa shape index (κ3) is 3.37. The summed E-state index contributed by atoms with van der Waals surface area (Å²) in [4.78, 5) is 0. The molecule has 1 rings (SSSR count). The summed E-state index contributed by atoms with van der Waals surface area (Å²) in [6.45, 7) is 12.4. The summed E-state index contributed by atoms with van der Waals surface area (Å²) < 4.78 is 0. The van der Waals surface area contributed by atoms with E-state index in [-0.39, 0.29) is 0 Å². The summed E-state index contributed by atoms with van der Waals surface area (Å²) >= 11 is 0. The van der Waals surface area contributed by atoms with Crippen LogP contribution in [0.1, 0.15) is 52.4 Å². The van der Waals surface area contributed by atoms with Crippen LogP contribution in [0, 0.1) is 5.41 Å². The van der Waals surface area contributed by atoms with Crippen LogP contribution in [-0.2, 0) is 0 Å². The third-order valence-electron chi connectivity index (χ3n) is 3.55. The molecule has 0 aromatic heterocycles. The Morgan fingerprint density at radius 2 is 2.33 bits per heavy atom. The maximum absolute atomic E-state index is 3.96. The Balaban J connectivity index is 2.55. The van der Waals surface area contributed by atoms with Crippen molar-refractivity contribution in [3.05, 3.63) is 36.5 Å². The van der Waals surface area contributed by atoms with Crippen LogP contribution in [0.25, 0.3) is 0 Å². The molecule has 0 heterocycles. The van der Waals surface area contributed by atoms with Crippen LogP contribution in [0.4, 0.5) is 0 Å². The van der Waals surface area contributed by atoms with Crippen LogP contribution < -0.4 is 0 Å². The van der Waals surface area contributed by atoms with E-state index in [0.29, 0.717) is 5.41 Å². The second-order valence-electron chi connectivity index (χ2n) is 5.13. The van der Waals surface area contributed by atoms with Crippen molar-refractivity contribution in [3.63, 3.8) is 0 Å². The molecule has 0 heteroatoms. The number of allylic oxidation sites excluding steroid dienone is 4. The Bertz CT molecular complexity index is 270. The van der Waals surface area contributed by atoms with E-state index in [2.05, 4.69) is 39.2 Å². The van der Waals surface area contributed by atoms with Gasteiger partial charge in [-0.2, -0.15) is 0 Å². The fourth-order valence-corrected chi connectivity index (χ4v) is 2.52. The van der Waals surface area contributed by atoms with E-state index in [0.717, 1.165) is 0 Å². The second kappa shape index (κ2) is 5.34. The molecule has 0 aromatic rings. The van der Waals surface area contributed by atoms with Crippen LogP contribution in [0.2, 0.25) is 0 Å². The highest BCUT2D eigenvalue weighted by molar-refractivity contribution is 5.26. The molecular formula is C15H24. The lowest BCUT2D eigenvalue weighted by atomic mass is 9.71. The third-order valence-corrected chi connectivity index (χ3v) is 3.55. The molecular weight excluding hydrogens is 180 g/mol. The minimum Gasteiger partial charge on any atom is -0.100 e. The quantitative estimate of drug-likeness (QED) is 0.551. The average Bonchev–Trinajstić information content (AvgIpc) is 2.17. The first-order chi connectivity index (χ1) is 7.08. The van der Waals surface area contributed by atoms with Gasteiger partial charge in [-0.3, -0.25) is 0 Å². The van der Waals surface area contributed by atoms with Crippen LogP contribution in [-0.4, -0.2) is 0 Å². The summed E-state index contributed by atoms with van der Waals surface area (Å²) in [5.41, 5.74) is 3.16. The van der Waals surface area contributed by atoms with E-state index in [1.807, 2.05) is 0 Å². The van der Waals surface area contributed by atoms with Crippen LogP contribution in [0.5, 0.6) is 0 Å². The van der Waals surface area contributed by atoms with Gasteiger partial charge >= 0.3 is 0 Å². The molecule has 1 atom stereocenters. The summed E-state index contributed by atoms with van der Waals surface area (Å²) in [6.07, 6.45) is 12.0. The standard InChI is InChI=1S/C15H24/c1-5-14-10-6-7-11-15(14,4)12-8-9-13(2)3/h5,10H,1-2,6-9,11-12H2,3-4H3/t15-/m1/s1. The monoisotopic (exact) mass is 204 g/mol. The molecule has 0 aromatic carbocycles. The van der Waals surface area contributed by atoms with Crippen molar-refractivity contribution in [2.45, 2.75) is 52.4 Å². The van der Waals surface area contributed by atoms with E-state index in [1.165, 1.54) is 49.7 Å². The van der Waals surface area contributed by atoms with E-state index in [9.17, 15) is 0 Å². The molecule has 0 amide bonds. The first-order valence-electron chi connectivity index (χ1n) is 6.06. The lowest BCUT2D eigenvalue weighted by Crippen LogP contribution is -2.21. The molecule has 0 N–H and O–H groups in total. The molecule has 0 nitrogen and oxygen atoms in total. The fraction of sp³-hybridized carbons (Fsp3) is 0.600. The Kier molecular flexibility index (Phi) is 4.38. The molecule has 15 heavy (non-hydrogen) atoms. The molecule has 0 aliphatic heterocycles. The van der Waals surface area contributed by atoms with Crippen molar-refractivity contribution in [2.75, 3.05) is 0 Å². The molecule has 1 aliphatic carbocycles. The van der Waals surface area contributed by atoms with Gasteiger partial charge in [0.2, 0.25) is 0 Å². The van der Waals surface area contributed by atoms with E-state index >= 15 is 0 Å². The van der Waals surface area contributed by atoms with E-state index < -0.39 is 0 Å². The average molecular weight is 204 g/mol. The fourth-order valence-electron chi connectivity index (χ4n) is 2.52. The molecule has 0 saturated heterocycles. The first kappa shape index (κ1) is 12.3. The number of rotatable bonds is 5. The van der Waals surface area contributed by atoms with Crippen LogP contribution in [0.3, 0.4) is 0 Å². The smallest absolute Gasteiger partial charge is 0.00784 e. The molecule has 0 unspecified atom stereocenters. The Hall–Kier alpha value is -0.780. The SMILES string of the molecule is C=CC1=CCCC[C@]1(C)CCCC(=C)C. The van der Waals surface area contributed by atoms with Crippen molar-refractivity contribution >= 4 is 0 Å². The topological polar surface area (TPSA) is 0 Å². The van der Waals surface area contributed by atoms with Gasteiger partial charge in [0.15, 0.2) is 0 Å². The van der Waals surface area contributed by atoms with Gasteiger partial charge < -0.3 is 0 Å². The highest BCUT2D eigenvalue weighted by atomic mass is 14.3. The highest BCUT2D eigenvalue weighted by Crippen LogP contribution is 2.42. The zero-order valence-electron chi connectivity index (χ0n) is 10.3. The molecule has 1 aliphatic rings. The van der Waals surface area contributed by atoms with E-state index in [1.54, 1.807) is 0 Å². The summed E-state index contributed by atoms with van der Waals surface area (Å²) in [5.74, 6) is 0. The van der Waals surface area contributed by atoms with E-state index in [4.69, 9.17) is 0 Å². The normalized spacial score (nSPS) is 25.9. The predicted molar refractivity (Wildman–Crippen MR) is 68.9 cm³/mol. The lowest BCUT2D eigenvalue weighted by molar-refractivity contribution is 0.311. The van der Waals surface area contributed by atoms with Crippen LogP contribution >= 0.6 is 0 Å². The Labute approximate surface area is 94.8 Å². The lowest BCUT2D eigenvalue weighted by Gasteiger charge is -2.34. The van der Waals surface area contributed by atoms with Gasteiger partial charge in [-0.25, -0.2) is 0 Å². The van der Waals surface area contributed by atoms with Gasteiger partial charge in [0.1, 0.15) is 0 Å². The van der Waals surface area contributed by atoms with Crippen molar-refractivity contribution in [3.8, 4) is 0 Å². The zero-order chi connectivity index (χ0) is 11.3. The summed E-state index contributed by atoms with van der Waals surface area (Å²) in [5, 5.41) is 0. The van der Waals surface area contributed by atoms with Crippen LogP contribution in [0.15, 0.2) is 36.5 Å². The Morgan fingerprint density at radius 1 is 1.60 bits per heavy atom. The van der Waals surface area contributed by atoms with Gasteiger partial charge in [0, 0.05) is 0 Å². The largest absolute Gasteiger partial charge is 0.100 e. The molecule has 0 fully saturated rings. The van der Waals surface area contributed by atoms with Gasteiger partial charge in [-0.1, -0.05) is 31.2 Å². The second-order valence-corrected chi connectivity index (χ2v) is 5.13. The number of hydrogen-bond acceptors (Lipinski definition) is 0. The van der Waals surface area contributed by atoms with Crippen molar-refractivity contribution in [1.29, 1.82) is 0 Å². The zero-order valence-corrected chi connectivity index (χ0v) is 10.3. The minimum atomic E-state index is 0.384. The molecule has 0 radical (unpaired) electrons. The van der Waals surface area contributed by atoms with Crippen molar-refractivity contribution in [1.82, 2.24) is 0 Å². The summed E-state index contributed by atoms with van der Waals surface area (Å²) in [7, 11) is 0. The minimum absolute atomic E-state index is 0.384. The predicted octanol–water partition coefficient (Wildman–Crippen LogP) is 5.04. The maximum atomic E-state index is 3.96. The Morgan fingerprint density at radius 3 is 2.93 bits per heavy atom. The van der Waals surface area contributed by atoms with Crippen molar-refractivity contribution in [2.24, 2.45) is 5.41 Å². The maximum Gasteiger partial charge on any atom is -0.00784 e. The summed E-state index contributed by atoms with van der Waals surface area (Å²) in [6, 6.07) is 0. The van der Waals surface area contributed by atoms with Gasteiger partial charge in [-0.05, 0) is 56.4 Å².